The van der Waals surface area contributed by atoms with Crippen LogP contribution in [0.5, 0.6) is 11.5 Å². The van der Waals surface area contributed by atoms with Crippen LogP contribution in [0.25, 0.3) is 6.08 Å². The number of hydrogen-bond acceptors (Lipinski definition) is 4. The van der Waals surface area contributed by atoms with E-state index < -0.39 is 0 Å². The summed E-state index contributed by atoms with van der Waals surface area (Å²) in [5, 5.41) is 3.91. The summed E-state index contributed by atoms with van der Waals surface area (Å²) in [4.78, 5) is 11.6. The van der Waals surface area contributed by atoms with Crippen LogP contribution in [0.4, 0.5) is 0 Å². The van der Waals surface area contributed by atoms with E-state index in [4.69, 9.17) is 9.47 Å². The maximum Gasteiger partial charge on any atom is 0.264 e. The highest BCUT2D eigenvalue weighted by Gasteiger charge is 2.12. The minimum Gasteiger partial charge on any atom is -0.454 e. The van der Waals surface area contributed by atoms with Crippen molar-refractivity contribution in [3.8, 4) is 11.5 Å². The lowest BCUT2D eigenvalue weighted by molar-refractivity contribution is -0.116. The first-order valence-corrected chi connectivity index (χ1v) is 6.77. The lowest BCUT2D eigenvalue weighted by Crippen LogP contribution is -2.14. The van der Waals surface area contributed by atoms with Crippen LogP contribution in [0.15, 0.2) is 59.7 Å². The summed E-state index contributed by atoms with van der Waals surface area (Å²) in [5.41, 5.74) is 4.21. The molecule has 2 aromatic carbocycles. The van der Waals surface area contributed by atoms with Gasteiger partial charge in [0.15, 0.2) is 11.5 Å². The second-order valence-corrected chi connectivity index (χ2v) is 4.59. The molecule has 5 nitrogen and oxygen atoms in total. The Bertz CT molecular complexity index is 724. The van der Waals surface area contributed by atoms with Gasteiger partial charge in [0.25, 0.3) is 5.91 Å². The van der Waals surface area contributed by atoms with E-state index in [1.807, 2.05) is 36.4 Å². The number of carbonyl (C=O) groups is 1. The third-order valence-electron chi connectivity index (χ3n) is 3.01. The Morgan fingerprint density at radius 1 is 1.05 bits per heavy atom. The molecule has 0 radical (unpaired) electrons. The molecular formula is C17H14N2O3. The zero-order valence-electron chi connectivity index (χ0n) is 11.7. The molecule has 110 valence electrons. The van der Waals surface area contributed by atoms with Crippen molar-refractivity contribution in [2.24, 2.45) is 5.10 Å². The molecule has 1 aliphatic heterocycles. The molecule has 0 atom stereocenters. The number of nitrogens with one attached hydrogen (secondary N) is 1. The standard InChI is InChI=1S/C17H14N2O3/c20-17(9-7-13-4-2-1-3-5-13)19-18-11-14-6-8-15-16(10-14)22-12-21-15/h1-11H,12H2,(H,19,20)/b9-7+,18-11+. The fourth-order valence-corrected chi connectivity index (χ4v) is 1.94. The molecule has 0 saturated heterocycles. The average molecular weight is 294 g/mol. The molecule has 0 unspecified atom stereocenters. The molecular weight excluding hydrogens is 280 g/mol. The number of fused-ring (bicyclic) bond motifs is 1. The van der Waals surface area contributed by atoms with Crippen molar-refractivity contribution in [1.29, 1.82) is 0 Å². The van der Waals surface area contributed by atoms with Gasteiger partial charge in [-0.25, -0.2) is 5.43 Å². The van der Waals surface area contributed by atoms with E-state index in [-0.39, 0.29) is 12.7 Å². The number of nitrogens with zero attached hydrogens (tertiary/aromatic N) is 1. The first-order chi connectivity index (χ1) is 10.8. The summed E-state index contributed by atoms with van der Waals surface area (Å²) in [7, 11) is 0. The van der Waals surface area contributed by atoms with Crippen LogP contribution in [0.3, 0.4) is 0 Å². The lowest BCUT2D eigenvalue weighted by Gasteiger charge is -1.97. The summed E-state index contributed by atoms with van der Waals surface area (Å²) < 4.78 is 10.5. The number of ether oxygens (including phenoxy) is 2. The van der Waals surface area contributed by atoms with Gasteiger partial charge in [0, 0.05) is 6.08 Å². The SMILES string of the molecule is O=C(/C=C/c1ccccc1)N/N=C/c1ccc2c(c1)OCO2. The molecule has 1 heterocycles. The molecule has 5 heteroatoms. The Morgan fingerprint density at radius 3 is 2.73 bits per heavy atom. The number of hydrazone groups is 1. The average Bonchev–Trinajstić information content (AvgIpc) is 3.02. The molecule has 0 spiro atoms. The summed E-state index contributed by atoms with van der Waals surface area (Å²) in [5.74, 6) is 1.10. The van der Waals surface area contributed by atoms with Gasteiger partial charge < -0.3 is 9.47 Å². The van der Waals surface area contributed by atoms with E-state index in [2.05, 4.69) is 10.5 Å². The molecule has 2 aromatic rings. The van der Waals surface area contributed by atoms with Crippen molar-refractivity contribution in [2.45, 2.75) is 0 Å². The molecule has 0 bridgehead atoms. The van der Waals surface area contributed by atoms with Crippen LogP contribution in [0.2, 0.25) is 0 Å². The van der Waals surface area contributed by atoms with Crippen LogP contribution in [0.1, 0.15) is 11.1 Å². The normalized spacial score (nSPS) is 12.9. The van der Waals surface area contributed by atoms with E-state index in [0.29, 0.717) is 11.5 Å². The van der Waals surface area contributed by atoms with Crippen molar-refractivity contribution < 1.29 is 14.3 Å². The van der Waals surface area contributed by atoms with Gasteiger partial charge in [0.2, 0.25) is 6.79 Å². The Balaban J connectivity index is 1.55. The number of hydrogen-bond donors (Lipinski definition) is 1. The molecule has 0 saturated carbocycles. The topological polar surface area (TPSA) is 59.9 Å². The zero-order valence-corrected chi connectivity index (χ0v) is 11.7. The van der Waals surface area contributed by atoms with E-state index in [0.717, 1.165) is 11.1 Å². The van der Waals surface area contributed by atoms with Crippen LogP contribution < -0.4 is 14.9 Å². The van der Waals surface area contributed by atoms with Crippen molar-refractivity contribution >= 4 is 18.2 Å². The quantitative estimate of drug-likeness (QED) is 0.535. The van der Waals surface area contributed by atoms with E-state index in [1.165, 1.54) is 6.08 Å². The third-order valence-corrected chi connectivity index (χ3v) is 3.01. The molecule has 22 heavy (non-hydrogen) atoms. The Morgan fingerprint density at radius 2 is 1.86 bits per heavy atom. The highest BCUT2D eigenvalue weighted by Crippen LogP contribution is 2.31. The number of benzene rings is 2. The molecule has 1 amide bonds. The maximum absolute atomic E-state index is 11.6. The minimum absolute atomic E-state index is 0.233. The molecule has 3 rings (SSSR count). The van der Waals surface area contributed by atoms with Gasteiger partial charge in [0.1, 0.15) is 0 Å². The first-order valence-electron chi connectivity index (χ1n) is 6.77. The monoisotopic (exact) mass is 294 g/mol. The van der Waals surface area contributed by atoms with E-state index in [9.17, 15) is 4.79 Å². The number of carbonyl (C=O) groups excluding carboxylic acids is 1. The van der Waals surface area contributed by atoms with Crippen LogP contribution in [-0.2, 0) is 4.79 Å². The fourth-order valence-electron chi connectivity index (χ4n) is 1.94. The van der Waals surface area contributed by atoms with Crippen LogP contribution >= 0.6 is 0 Å². The van der Waals surface area contributed by atoms with Crippen LogP contribution in [-0.4, -0.2) is 18.9 Å². The van der Waals surface area contributed by atoms with Crippen molar-refractivity contribution in [2.75, 3.05) is 6.79 Å². The smallest absolute Gasteiger partial charge is 0.264 e. The van der Waals surface area contributed by atoms with Gasteiger partial charge >= 0.3 is 0 Å². The van der Waals surface area contributed by atoms with Crippen molar-refractivity contribution in [3.05, 3.63) is 65.7 Å². The summed E-state index contributed by atoms with van der Waals surface area (Å²) in [6, 6.07) is 15.0. The minimum atomic E-state index is -0.291. The predicted molar refractivity (Wildman–Crippen MR) is 83.8 cm³/mol. The van der Waals surface area contributed by atoms with Crippen molar-refractivity contribution in [1.82, 2.24) is 5.43 Å². The number of rotatable bonds is 4. The third kappa shape index (κ3) is 3.52. The van der Waals surface area contributed by atoms with Gasteiger partial charge in [0.05, 0.1) is 6.21 Å². The molecule has 0 aromatic heterocycles. The molecule has 0 fully saturated rings. The second kappa shape index (κ2) is 6.58. The van der Waals surface area contributed by atoms with E-state index >= 15 is 0 Å². The van der Waals surface area contributed by atoms with Gasteiger partial charge in [-0.3, -0.25) is 4.79 Å². The van der Waals surface area contributed by atoms with E-state index in [1.54, 1.807) is 24.4 Å². The Labute approximate surface area is 127 Å². The van der Waals surface area contributed by atoms with Crippen molar-refractivity contribution in [3.63, 3.8) is 0 Å². The number of amides is 1. The molecule has 1 aliphatic rings. The van der Waals surface area contributed by atoms with Gasteiger partial charge in [-0.1, -0.05) is 30.3 Å². The zero-order chi connectivity index (χ0) is 15.2. The second-order valence-electron chi connectivity index (χ2n) is 4.59. The molecule has 1 N–H and O–H groups in total. The largest absolute Gasteiger partial charge is 0.454 e. The van der Waals surface area contributed by atoms with Gasteiger partial charge in [-0.15, -0.1) is 0 Å². The fraction of sp³-hybridized carbons (Fsp3) is 0.0588. The highest BCUT2D eigenvalue weighted by molar-refractivity contribution is 5.92. The first kappa shape index (κ1) is 13.9. The van der Waals surface area contributed by atoms with Gasteiger partial charge in [-0.05, 0) is 35.4 Å². The summed E-state index contributed by atoms with van der Waals surface area (Å²) in [6.07, 6.45) is 4.72. The molecule has 0 aliphatic carbocycles. The highest BCUT2D eigenvalue weighted by atomic mass is 16.7. The van der Waals surface area contributed by atoms with Crippen LogP contribution in [0, 0.1) is 0 Å². The summed E-state index contributed by atoms with van der Waals surface area (Å²) in [6.45, 7) is 0.233. The maximum atomic E-state index is 11.6. The Hall–Kier alpha value is -3.08. The lowest BCUT2D eigenvalue weighted by atomic mass is 10.2. The predicted octanol–water partition coefficient (Wildman–Crippen LogP) is 2.58. The van der Waals surface area contributed by atoms with Gasteiger partial charge in [-0.2, -0.15) is 5.10 Å². The Kier molecular flexibility index (Phi) is 4.15. The summed E-state index contributed by atoms with van der Waals surface area (Å²) >= 11 is 0.